The lowest BCUT2D eigenvalue weighted by atomic mass is 9.98. The summed E-state index contributed by atoms with van der Waals surface area (Å²) in [4.78, 5) is 12.1. The molecule has 0 saturated carbocycles. The highest BCUT2D eigenvalue weighted by atomic mass is 16.3. The van der Waals surface area contributed by atoms with Crippen molar-refractivity contribution in [3.63, 3.8) is 0 Å². The Bertz CT molecular complexity index is 572. The molecule has 5 nitrogen and oxygen atoms in total. The van der Waals surface area contributed by atoms with E-state index in [9.17, 15) is 9.90 Å². The van der Waals surface area contributed by atoms with Crippen molar-refractivity contribution >= 4 is 16.8 Å². The normalized spacial score (nSPS) is 13.6. The molecule has 0 bridgehead atoms. The SMILES string of the molecule is CC(O)C(C)(C)NC(=O)c1n[nH]c2ccccc12. The van der Waals surface area contributed by atoms with E-state index in [0.29, 0.717) is 5.69 Å². The smallest absolute Gasteiger partial charge is 0.272 e. The van der Waals surface area contributed by atoms with Gasteiger partial charge in [0, 0.05) is 5.39 Å². The quantitative estimate of drug-likeness (QED) is 0.768. The second-order valence-corrected chi connectivity index (χ2v) is 4.97. The third-order valence-electron chi connectivity index (χ3n) is 3.17. The molecule has 0 saturated heterocycles. The zero-order valence-electron chi connectivity index (χ0n) is 10.7. The summed E-state index contributed by atoms with van der Waals surface area (Å²) in [5.41, 5.74) is 0.466. The lowest BCUT2D eigenvalue weighted by Crippen LogP contribution is -2.51. The number of aliphatic hydroxyl groups excluding tert-OH is 1. The number of rotatable bonds is 3. The lowest BCUT2D eigenvalue weighted by molar-refractivity contribution is 0.0706. The average Bonchev–Trinajstić information content (AvgIpc) is 2.71. The summed E-state index contributed by atoms with van der Waals surface area (Å²) >= 11 is 0. The maximum atomic E-state index is 12.1. The third-order valence-corrected chi connectivity index (χ3v) is 3.17. The zero-order valence-corrected chi connectivity index (χ0v) is 10.7. The van der Waals surface area contributed by atoms with Gasteiger partial charge in [-0.3, -0.25) is 9.89 Å². The molecule has 1 amide bonds. The highest BCUT2D eigenvalue weighted by molar-refractivity contribution is 6.04. The van der Waals surface area contributed by atoms with E-state index >= 15 is 0 Å². The molecule has 0 fully saturated rings. The van der Waals surface area contributed by atoms with Gasteiger partial charge < -0.3 is 10.4 Å². The molecule has 0 aliphatic rings. The van der Waals surface area contributed by atoms with Crippen molar-refractivity contribution in [2.45, 2.75) is 32.4 Å². The first-order valence-corrected chi connectivity index (χ1v) is 5.85. The molecule has 0 aliphatic carbocycles. The van der Waals surface area contributed by atoms with Gasteiger partial charge in [-0.15, -0.1) is 0 Å². The molecule has 2 rings (SSSR count). The number of carbonyl (C=O) groups is 1. The van der Waals surface area contributed by atoms with Crippen molar-refractivity contribution in [2.75, 3.05) is 0 Å². The summed E-state index contributed by atoms with van der Waals surface area (Å²) in [6.07, 6.45) is -0.647. The van der Waals surface area contributed by atoms with Crippen LogP contribution in [0.25, 0.3) is 10.9 Å². The molecular weight excluding hydrogens is 230 g/mol. The Balaban J connectivity index is 2.30. The number of carbonyl (C=O) groups excluding carboxylic acids is 1. The van der Waals surface area contributed by atoms with E-state index in [1.807, 2.05) is 24.3 Å². The van der Waals surface area contributed by atoms with Crippen molar-refractivity contribution in [2.24, 2.45) is 0 Å². The number of aromatic amines is 1. The van der Waals surface area contributed by atoms with E-state index in [2.05, 4.69) is 15.5 Å². The van der Waals surface area contributed by atoms with Gasteiger partial charge in [-0.05, 0) is 26.8 Å². The fourth-order valence-corrected chi connectivity index (χ4v) is 1.59. The topological polar surface area (TPSA) is 78.0 Å². The van der Waals surface area contributed by atoms with Crippen molar-refractivity contribution in [1.29, 1.82) is 0 Å². The van der Waals surface area contributed by atoms with Crippen LogP contribution < -0.4 is 5.32 Å². The molecule has 1 atom stereocenters. The molecule has 0 spiro atoms. The Labute approximate surface area is 105 Å². The van der Waals surface area contributed by atoms with E-state index in [4.69, 9.17) is 0 Å². The number of amides is 1. The van der Waals surface area contributed by atoms with Crippen LogP contribution in [0.5, 0.6) is 0 Å². The summed E-state index contributed by atoms with van der Waals surface area (Å²) in [6.45, 7) is 5.18. The van der Waals surface area contributed by atoms with Gasteiger partial charge >= 0.3 is 0 Å². The molecule has 18 heavy (non-hydrogen) atoms. The standard InChI is InChI=1S/C13H17N3O2/c1-8(17)13(2,3)14-12(18)11-9-6-4-5-7-10(9)15-16-11/h4-8,17H,1-3H3,(H,14,18)(H,15,16). The Kier molecular flexibility index (Phi) is 3.09. The Morgan fingerprint density at radius 3 is 2.78 bits per heavy atom. The predicted molar refractivity (Wildman–Crippen MR) is 69.3 cm³/mol. The van der Waals surface area contributed by atoms with Crippen LogP contribution >= 0.6 is 0 Å². The Morgan fingerprint density at radius 2 is 2.11 bits per heavy atom. The van der Waals surface area contributed by atoms with Crippen LogP contribution in [0.15, 0.2) is 24.3 Å². The number of hydrogen-bond donors (Lipinski definition) is 3. The van der Waals surface area contributed by atoms with Gasteiger partial charge in [0.05, 0.1) is 17.2 Å². The van der Waals surface area contributed by atoms with E-state index in [1.165, 1.54) is 0 Å². The lowest BCUT2D eigenvalue weighted by Gasteiger charge is -2.28. The highest BCUT2D eigenvalue weighted by Crippen LogP contribution is 2.16. The van der Waals surface area contributed by atoms with Crippen LogP contribution in [0.1, 0.15) is 31.3 Å². The van der Waals surface area contributed by atoms with Crippen LogP contribution in [0.3, 0.4) is 0 Å². The van der Waals surface area contributed by atoms with Crippen molar-refractivity contribution < 1.29 is 9.90 Å². The Morgan fingerprint density at radius 1 is 1.44 bits per heavy atom. The van der Waals surface area contributed by atoms with Crippen molar-refractivity contribution in [1.82, 2.24) is 15.5 Å². The number of H-pyrrole nitrogens is 1. The molecule has 2 aromatic rings. The zero-order chi connectivity index (χ0) is 13.3. The minimum absolute atomic E-state index is 0.293. The molecule has 0 aliphatic heterocycles. The minimum atomic E-state index is -0.697. The van der Waals surface area contributed by atoms with Crippen molar-refractivity contribution in [3.05, 3.63) is 30.0 Å². The van der Waals surface area contributed by atoms with Gasteiger partial charge in [-0.2, -0.15) is 5.10 Å². The van der Waals surface area contributed by atoms with Crippen LogP contribution in [-0.2, 0) is 0 Å². The van der Waals surface area contributed by atoms with E-state index in [0.717, 1.165) is 10.9 Å². The first-order valence-electron chi connectivity index (χ1n) is 5.85. The summed E-state index contributed by atoms with van der Waals surface area (Å²) in [5, 5.41) is 20.0. The predicted octanol–water partition coefficient (Wildman–Crippen LogP) is 1.45. The number of aromatic nitrogens is 2. The monoisotopic (exact) mass is 247 g/mol. The third kappa shape index (κ3) is 2.22. The van der Waals surface area contributed by atoms with Crippen LogP contribution in [-0.4, -0.2) is 32.9 Å². The van der Waals surface area contributed by atoms with Gasteiger partial charge in [0.25, 0.3) is 5.91 Å². The largest absolute Gasteiger partial charge is 0.391 e. The first-order chi connectivity index (χ1) is 8.42. The summed E-state index contributed by atoms with van der Waals surface area (Å²) in [7, 11) is 0. The minimum Gasteiger partial charge on any atom is -0.391 e. The molecule has 0 radical (unpaired) electrons. The highest BCUT2D eigenvalue weighted by Gasteiger charge is 2.28. The number of aliphatic hydroxyl groups is 1. The van der Waals surface area contributed by atoms with E-state index < -0.39 is 11.6 Å². The van der Waals surface area contributed by atoms with Crippen LogP contribution in [0.2, 0.25) is 0 Å². The molecule has 1 aromatic carbocycles. The van der Waals surface area contributed by atoms with Gasteiger partial charge in [-0.1, -0.05) is 18.2 Å². The van der Waals surface area contributed by atoms with Crippen LogP contribution in [0, 0.1) is 0 Å². The van der Waals surface area contributed by atoms with Gasteiger partial charge in [0.1, 0.15) is 0 Å². The summed E-state index contributed by atoms with van der Waals surface area (Å²) < 4.78 is 0. The molecule has 1 heterocycles. The van der Waals surface area contributed by atoms with E-state index in [1.54, 1.807) is 20.8 Å². The molecule has 1 aromatic heterocycles. The van der Waals surface area contributed by atoms with E-state index in [-0.39, 0.29) is 5.91 Å². The summed E-state index contributed by atoms with van der Waals surface area (Å²) in [5.74, 6) is -0.293. The molecule has 3 N–H and O–H groups in total. The first kappa shape index (κ1) is 12.6. The molecular formula is C13H17N3O2. The summed E-state index contributed by atoms with van der Waals surface area (Å²) in [6, 6.07) is 7.43. The van der Waals surface area contributed by atoms with Gasteiger partial charge in [0.15, 0.2) is 5.69 Å². The Hall–Kier alpha value is -1.88. The molecule has 5 heteroatoms. The number of nitrogens with one attached hydrogen (secondary N) is 2. The van der Waals surface area contributed by atoms with Crippen molar-refractivity contribution in [3.8, 4) is 0 Å². The maximum Gasteiger partial charge on any atom is 0.272 e. The van der Waals surface area contributed by atoms with Crippen LogP contribution in [0.4, 0.5) is 0 Å². The number of benzene rings is 1. The second kappa shape index (κ2) is 4.42. The van der Waals surface area contributed by atoms with Gasteiger partial charge in [-0.25, -0.2) is 0 Å². The number of nitrogens with zero attached hydrogens (tertiary/aromatic N) is 1. The molecule has 96 valence electrons. The average molecular weight is 247 g/mol. The number of fused-ring (bicyclic) bond motifs is 1. The second-order valence-electron chi connectivity index (χ2n) is 4.97. The fourth-order valence-electron chi connectivity index (χ4n) is 1.59. The maximum absolute atomic E-state index is 12.1. The molecule has 1 unspecified atom stereocenters. The number of para-hydroxylation sites is 1. The number of hydrogen-bond acceptors (Lipinski definition) is 3. The fraction of sp³-hybridized carbons (Fsp3) is 0.385. The van der Waals surface area contributed by atoms with Gasteiger partial charge in [0.2, 0.25) is 0 Å².